The second-order valence-corrected chi connectivity index (χ2v) is 4.87. The fraction of sp³-hybridized carbons (Fsp3) is 0.467. The summed E-state index contributed by atoms with van der Waals surface area (Å²) < 4.78 is 5.35. The van der Waals surface area contributed by atoms with E-state index in [4.69, 9.17) is 4.74 Å². The van der Waals surface area contributed by atoms with Gasteiger partial charge in [-0.15, -0.1) is 0 Å². The minimum Gasteiger partial charge on any atom is -0.473 e. The van der Waals surface area contributed by atoms with Crippen molar-refractivity contribution in [1.82, 2.24) is 15.5 Å². The molecule has 0 unspecified atom stereocenters. The van der Waals surface area contributed by atoms with Crippen LogP contribution >= 0.6 is 0 Å². The van der Waals surface area contributed by atoms with E-state index in [9.17, 15) is 9.59 Å². The van der Waals surface area contributed by atoms with Crippen molar-refractivity contribution in [3.63, 3.8) is 0 Å². The number of nitrogens with one attached hydrogen (secondary N) is 2. The van der Waals surface area contributed by atoms with Gasteiger partial charge in [-0.25, -0.2) is 4.79 Å². The minimum atomic E-state index is -0.265. The lowest BCUT2D eigenvalue weighted by atomic mass is 10.3. The Bertz CT molecular complexity index is 464. The average molecular weight is 291 g/mol. The highest BCUT2D eigenvalue weighted by atomic mass is 16.5. The number of urea groups is 1. The number of para-hydroxylation sites is 1. The number of carbonyl (C=O) groups excluding carboxylic acids is 2. The fourth-order valence-electron chi connectivity index (χ4n) is 2.18. The maximum absolute atomic E-state index is 11.5. The molecule has 6 heteroatoms. The summed E-state index contributed by atoms with van der Waals surface area (Å²) in [5.41, 5.74) is 0. The molecule has 0 spiro atoms. The largest absolute Gasteiger partial charge is 0.473 e. The maximum Gasteiger partial charge on any atom is 0.317 e. The molecule has 1 aliphatic heterocycles. The van der Waals surface area contributed by atoms with E-state index in [1.54, 1.807) is 0 Å². The summed E-state index contributed by atoms with van der Waals surface area (Å²) in [6.45, 7) is 2.22. The number of nitrogens with zero attached hydrogens (tertiary/aromatic N) is 1. The van der Waals surface area contributed by atoms with E-state index in [0.717, 1.165) is 19.4 Å². The molecule has 21 heavy (non-hydrogen) atoms. The molecular weight excluding hydrogens is 270 g/mol. The fourth-order valence-corrected chi connectivity index (χ4v) is 2.18. The Morgan fingerprint density at radius 3 is 2.76 bits per heavy atom. The van der Waals surface area contributed by atoms with E-state index in [1.165, 1.54) is 0 Å². The first kappa shape index (κ1) is 15.2. The van der Waals surface area contributed by atoms with Gasteiger partial charge in [-0.3, -0.25) is 4.79 Å². The van der Waals surface area contributed by atoms with Gasteiger partial charge in [-0.2, -0.15) is 0 Å². The van der Waals surface area contributed by atoms with Crippen molar-refractivity contribution in [1.29, 1.82) is 0 Å². The number of carbonyl (C=O) groups is 2. The molecule has 1 aromatic rings. The van der Waals surface area contributed by atoms with Crippen LogP contribution in [0.2, 0.25) is 0 Å². The molecule has 6 nitrogen and oxygen atoms in total. The topological polar surface area (TPSA) is 70.7 Å². The molecule has 1 aliphatic rings. The predicted molar refractivity (Wildman–Crippen MR) is 78.9 cm³/mol. The van der Waals surface area contributed by atoms with Crippen molar-refractivity contribution in [2.45, 2.75) is 19.3 Å². The number of ether oxygens (including phenoxy) is 1. The van der Waals surface area contributed by atoms with Gasteiger partial charge in [0.1, 0.15) is 5.75 Å². The van der Waals surface area contributed by atoms with Gasteiger partial charge in [0.25, 0.3) is 0 Å². The van der Waals surface area contributed by atoms with E-state index in [0.29, 0.717) is 25.3 Å². The van der Waals surface area contributed by atoms with E-state index >= 15 is 0 Å². The Labute approximate surface area is 124 Å². The van der Waals surface area contributed by atoms with Crippen LogP contribution in [0.15, 0.2) is 30.3 Å². The molecule has 0 saturated carbocycles. The van der Waals surface area contributed by atoms with E-state index < -0.39 is 0 Å². The van der Waals surface area contributed by atoms with Crippen molar-refractivity contribution in [3.05, 3.63) is 30.3 Å². The van der Waals surface area contributed by atoms with Gasteiger partial charge in [0.05, 0.1) is 0 Å². The van der Waals surface area contributed by atoms with Crippen molar-refractivity contribution in [2.24, 2.45) is 0 Å². The van der Waals surface area contributed by atoms with Gasteiger partial charge < -0.3 is 20.3 Å². The Morgan fingerprint density at radius 2 is 2.05 bits per heavy atom. The van der Waals surface area contributed by atoms with Crippen LogP contribution in [0.3, 0.4) is 0 Å². The second-order valence-electron chi connectivity index (χ2n) is 4.87. The van der Waals surface area contributed by atoms with Gasteiger partial charge in [0.2, 0.25) is 5.91 Å². The highest BCUT2D eigenvalue weighted by molar-refractivity contribution is 5.78. The summed E-state index contributed by atoms with van der Waals surface area (Å²) in [7, 11) is 0. The molecule has 114 valence electrons. The monoisotopic (exact) mass is 291 g/mol. The van der Waals surface area contributed by atoms with E-state index in [-0.39, 0.29) is 18.7 Å². The first-order chi connectivity index (χ1) is 10.3. The molecule has 3 amide bonds. The molecule has 2 rings (SSSR count). The predicted octanol–water partition coefficient (Wildman–Crippen LogP) is 1.33. The lowest BCUT2D eigenvalue weighted by Crippen LogP contribution is -2.39. The van der Waals surface area contributed by atoms with Gasteiger partial charge in [0.15, 0.2) is 6.73 Å². The van der Waals surface area contributed by atoms with Crippen LogP contribution in [0.1, 0.15) is 19.3 Å². The SMILES string of the molecule is O=C(NCCCN1CCCC1=O)NCOc1ccccc1. The molecule has 1 saturated heterocycles. The summed E-state index contributed by atoms with van der Waals surface area (Å²) in [6, 6.07) is 9.03. The molecule has 2 N–H and O–H groups in total. The molecule has 1 aromatic carbocycles. The number of likely N-dealkylation sites (tertiary alicyclic amines) is 1. The third kappa shape index (κ3) is 5.33. The molecule has 0 radical (unpaired) electrons. The summed E-state index contributed by atoms with van der Waals surface area (Å²) in [5, 5.41) is 5.36. The van der Waals surface area contributed by atoms with Crippen LogP contribution in [0.25, 0.3) is 0 Å². The van der Waals surface area contributed by atoms with Gasteiger partial charge >= 0.3 is 6.03 Å². The molecular formula is C15H21N3O3. The Kier molecular flexibility index (Phi) is 5.87. The van der Waals surface area contributed by atoms with Crippen molar-refractivity contribution < 1.29 is 14.3 Å². The summed E-state index contributed by atoms with van der Waals surface area (Å²) in [5.74, 6) is 0.932. The highest BCUT2D eigenvalue weighted by Crippen LogP contribution is 2.09. The molecule has 0 atom stereocenters. The Balaban J connectivity index is 1.50. The maximum atomic E-state index is 11.5. The van der Waals surface area contributed by atoms with Crippen molar-refractivity contribution in [2.75, 3.05) is 26.4 Å². The second kappa shape index (κ2) is 8.14. The van der Waals surface area contributed by atoms with Gasteiger partial charge in [0, 0.05) is 26.1 Å². The quantitative estimate of drug-likeness (QED) is 0.588. The highest BCUT2D eigenvalue weighted by Gasteiger charge is 2.18. The number of rotatable bonds is 7. The average Bonchev–Trinajstić information content (AvgIpc) is 2.90. The number of hydrogen-bond donors (Lipinski definition) is 2. The van der Waals surface area contributed by atoms with Gasteiger partial charge in [-0.05, 0) is 25.0 Å². The first-order valence-electron chi connectivity index (χ1n) is 7.23. The zero-order valence-electron chi connectivity index (χ0n) is 12.0. The van der Waals surface area contributed by atoms with Gasteiger partial charge in [-0.1, -0.05) is 18.2 Å². The number of amides is 3. The van der Waals surface area contributed by atoms with E-state index in [2.05, 4.69) is 10.6 Å². The van der Waals surface area contributed by atoms with Crippen LogP contribution in [0.5, 0.6) is 5.75 Å². The Morgan fingerprint density at radius 1 is 1.24 bits per heavy atom. The summed E-state index contributed by atoms with van der Waals surface area (Å²) in [6.07, 6.45) is 2.37. The smallest absolute Gasteiger partial charge is 0.317 e. The van der Waals surface area contributed by atoms with Crippen LogP contribution in [-0.4, -0.2) is 43.2 Å². The number of benzene rings is 1. The molecule has 0 bridgehead atoms. The summed E-state index contributed by atoms with van der Waals surface area (Å²) in [4.78, 5) is 24.7. The van der Waals surface area contributed by atoms with Crippen LogP contribution < -0.4 is 15.4 Å². The third-order valence-corrected chi connectivity index (χ3v) is 3.28. The summed E-state index contributed by atoms with van der Waals surface area (Å²) >= 11 is 0. The zero-order chi connectivity index (χ0) is 14.9. The normalized spacial score (nSPS) is 14.1. The van der Waals surface area contributed by atoms with Crippen LogP contribution in [-0.2, 0) is 4.79 Å². The molecule has 0 aromatic heterocycles. The van der Waals surface area contributed by atoms with Crippen molar-refractivity contribution in [3.8, 4) is 5.75 Å². The molecule has 0 aliphatic carbocycles. The lowest BCUT2D eigenvalue weighted by Gasteiger charge is -2.15. The van der Waals surface area contributed by atoms with Crippen LogP contribution in [0, 0.1) is 0 Å². The third-order valence-electron chi connectivity index (χ3n) is 3.28. The minimum absolute atomic E-state index is 0.125. The lowest BCUT2D eigenvalue weighted by molar-refractivity contribution is -0.127. The van der Waals surface area contributed by atoms with E-state index in [1.807, 2.05) is 35.2 Å². The molecule has 1 heterocycles. The Hall–Kier alpha value is -2.24. The standard InChI is InChI=1S/C15H21N3O3/c19-14-8-4-10-18(14)11-5-9-16-15(20)17-12-21-13-6-2-1-3-7-13/h1-3,6-7H,4-5,8-12H2,(H2,16,17,20). The van der Waals surface area contributed by atoms with Crippen molar-refractivity contribution >= 4 is 11.9 Å². The van der Waals surface area contributed by atoms with Crippen LogP contribution in [0.4, 0.5) is 4.79 Å². The molecule has 1 fully saturated rings. The zero-order valence-corrected chi connectivity index (χ0v) is 12.0. The number of hydrogen-bond acceptors (Lipinski definition) is 3. The first-order valence-corrected chi connectivity index (χ1v) is 7.23.